The van der Waals surface area contributed by atoms with Gasteiger partial charge < -0.3 is 15.3 Å². The molecule has 2 unspecified atom stereocenters. The van der Waals surface area contributed by atoms with Gasteiger partial charge in [-0.05, 0) is 29.5 Å². The first-order chi connectivity index (χ1) is 13.2. The van der Waals surface area contributed by atoms with Crippen molar-refractivity contribution in [3.05, 3.63) is 108 Å². The minimum atomic E-state index is -1.07. The first-order valence-corrected chi connectivity index (χ1v) is 9.34. The van der Waals surface area contributed by atoms with Crippen LogP contribution in [0.15, 0.2) is 91.0 Å². The quantitative estimate of drug-likeness (QED) is 0.538. The predicted molar refractivity (Wildman–Crippen MR) is 108 cm³/mol. The maximum absolute atomic E-state index is 11.5. The lowest BCUT2D eigenvalue weighted by atomic mass is 9.64. The Hall–Kier alpha value is -2.46. The van der Waals surface area contributed by atoms with E-state index in [0.717, 1.165) is 16.7 Å². The molecule has 27 heavy (non-hydrogen) atoms. The van der Waals surface area contributed by atoms with Gasteiger partial charge in [0.25, 0.3) is 0 Å². The number of aliphatic hydroxyl groups excluding tert-OH is 3. The third-order valence-corrected chi connectivity index (χ3v) is 5.15. The van der Waals surface area contributed by atoms with Crippen LogP contribution < -0.4 is 0 Å². The monoisotopic (exact) mass is 362 g/mol. The average molecular weight is 362 g/mol. The summed E-state index contributed by atoms with van der Waals surface area (Å²) in [6, 6.07) is 29.4. The van der Waals surface area contributed by atoms with E-state index in [1.165, 1.54) is 0 Å². The Balaban J connectivity index is 2.26. The van der Waals surface area contributed by atoms with E-state index in [-0.39, 0.29) is 6.61 Å². The number of benzene rings is 3. The Labute approximate surface area is 160 Å². The fourth-order valence-corrected chi connectivity index (χ4v) is 3.86. The van der Waals surface area contributed by atoms with Crippen molar-refractivity contribution in [2.75, 3.05) is 6.61 Å². The van der Waals surface area contributed by atoms with Crippen LogP contribution in [0, 0.1) is 0 Å². The minimum absolute atomic E-state index is 0.0151. The molecule has 3 aromatic carbocycles. The molecule has 0 spiro atoms. The van der Waals surface area contributed by atoms with Gasteiger partial charge in [-0.3, -0.25) is 0 Å². The summed E-state index contributed by atoms with van der Waals surface area (Å²) in [7, 11) is 0. The Morgan fingerprint density at radius 2 is 1.00 bits per heavy atom. The lowest BCUT2D eigenvalue weighted by molar-refractivity contribution is -0.0168. The first kappa shape index (κ1) is 19.3. The smallest absolute Gasteiger partial charge is 0.0976 e. The molecule has 140 valence electrons. The van der Waals surface area contributed by atoms with Crippen LogP contribution in [0.4, 0.5) is 0 Å². The SMILES string of the molecule is OCCCC(O)C(O)C(c1ccccc1)(c1ccccc1)c1ccccc1. The molecule has 0 aliphatic heterocycles. The highest BCUT2D eigenvalue weighted by molar-refractivity contribution is 5.52. The molecule has 3 aromatic rings. The van der Waals surface area contributed by atoms with E-state index in [0.29, 0.717) is 12.8 Å². The van der Waals surface area contributed by atoms with Gasteiger partial charge in [0.1, 0.15) is 0 Å². The van der Waals surface area contributed by atoms with Gasteiger partial charge in [-0.2, -0.15) is 0 Å². The average Bonchev–Trinajstić information content (AvgIpc) is 2.75. The zero-order valence-electron chi connectivity index (χ0n) is 15.3. The number of hydrogen-bond donors (Lipinski definition) is 3. The van der Waals surface area contributed by atoms with Crippen LogP contribution in [0.2, 0.25) is 0 Å². The standard InChI is InChI=1S/C24H26O3/c25-18-10-17-22(26)23(27)24(19-11-4-1-5-12-19,20-13-6-2-7-14-20)21-15-8-3-9-16-21/h1-9,11-16,22-23,25-27H,10,17-18H2. The highest BCUT2D eigenvalue weighted by Crippen LogP contribution is 2.43. The molecule has 0 fully saturated rings. The van der Waals surface area contributed by atoms with Crippen LogP contribution in [0.1, 0.15) is 29.5 Å². The Bertz CT molecular complexity index is 706. The predicted octanol–water partition coefficient (Wildman–Crippen LogP) is 3.52. The molecule has 3 N–H and O–H groups in total. The summed E-state index contributed by atoms with van der Waals surface area (Å²) in [4.78, 5) is 0. The lowest BCUT2D eigenvalue weighted by Crippen LogP contribution is -2.48. The molecule has 0 aliphatic rings. The zero-order chi connectivity index (χ0) is 19.1. The van der Waals surface area contributed by atoms with Gasteiger partial charge in [0.05, 0.1) is 17.6 Å². The van der Waals surface area contributed by atoms with Crippen LogP contribution in [0.25, 0.3) is 0 Å². The van der Waals surface area contributed by atoms with Crippen LogP contribution in [0.3, 0.4) is 0 Å². The van der Waals surface area contributed by atoms with Crippen LogP contribution >= 0.6 is 0 Å². The Morgan fingerprint density at radius 1 is 0.630 bits per heavy atom. The molecule has 0 saturated carbocycles. The summed E-state index contributed by atoms with van der Waals surface area (Å²) in [5, 5.41) is 31.4. The largest absolute Gasteiger partial charge is 0.396 e. The molecule has 3 heteroatoms. The molecule has 0 heterocycles. The maximum atomic E-state index is 11.5. The molecular formula is C24H26O3. The summed E-state index contributed by atoms with van der Waals surface area (Å²) < 4.78 is 0. The van der Waals surface area contributed by atoms with Crippen molar-refractivity contribution < 1.29 is 15.3 Å². The van der Waals surface area contributed by atoms with Gasteiger partial charge >= 0.3 is 0 Å². The second-order valence-electron chi connectivity index (χ2n) is 6.78. The van der Waals surface area contributed by atoms with Crippen molar-refractivity contribution in [2.24, 2.45) is 0 Å². The molecule has 3 rings (SSSR count). The van der Waals surface area contributed by atoms with Crippen molar-refractivity contribution in [2.45, 2.75) is 30.5 Å². The summed E-state index contributed by atoms with van der Waals surface area (Å²) in [5.74, 6) is 0. The topological polar surface area (TPSA) is 60.7 Å². The van der Waals surface area contributed by atoms with Gasteiger partial charge in [0, 0.05) is 6.61 Å². The fourth-order valence-electron chi connectivity index (χ4n) is 3.86. The molecule has 0 amide bonds. The molecule has 0 bridgehead atoms. The highest BCUT2D eigenvalue weighted by Gasteiger charge is 2.45. The second kappa shape index (κ2) is 8.96. The summed E-state index contributed by atoms with van der Waals surface area (Å²) in [6.45, 7) is -0.0151. The van der Waals surface area contributed by atoms with E-state index in [9.17, 15) is 10.2 Å². The van der Waals surface area contributed by atoms with Gasteiger partial charge in [-0.15, -0.1) is 0 Å². The molecule has 0 aromatic heterocycles. The Morgan fingerprint density at radius 3 is 1.33 bits per heavy atom. The highest BCUT2D eigenvalue weighted by atomic mass is 16.3. The van der Waals surface area contributed by atoms with Gasteiger partial charge in [0.15, 0.2) is 0 Å². The van der Waals surface area contributed by atoms with Gasteiger partial charge in [-0.25, -0.2) is 0 Å². The van der Waals surface area contributed by atoms with Crippen molar-refractivity contribution in [3.8, 4) is 0 Å². The van der Waals surface area contributed by atoms with E-state index >= 15 is 0 Å². The fraction of sp³-hybridized carbons (Fsp3) is 0.250. The van der Waals surface area contributed by atoms with Crippen LogP contribution in [0.5, 0.6) is 0 Å². The van der Waals surface area contributed by atoms with Gasteiger partial charge in [-0.1, -0.05) is 91.0 Å². The lowest BCUT2D eigenvalue weighted by Gasteiger charge is -2.42. The third kappa shape index (κ3) is 3.81. The minimum Gasteiger partial charge on any atom is -0.396 e. The number of rotatable bonds is 8. The van der Waals surface area contributed by atoms with E-state index in [1.807, 2.05) is 91.0 Å². The second-order valence-corrected chi connectivity index (χ2v) is 6.78. The van der Waals surface area contributed by atoms with Crippen LogP contribution in [-0.2, 0) is 5.41 Å². The molecule has 2 atom stereocenters. The summed E-state index contributed by atoms with van der Waals surface area (Å²) in [6.07, 6.45) is -1.28. The number of hydrogen-bond acceptors (Lipinski definition) is 3. The van der Waals surface area contributed by atoms with E-state index < -0.39 is 17.6 Å². The first-order valence-electron chi connectivity index (χ1n) is 9.34. The van der Waals surface area contributed by atoms with Gasteiger partial charge in [0.2, 0.25) is 0 Å². The van der Waals surface area contributed by atoms with Crippen molar-refractivity contribution in [1.29, 1.82) is 0 Å². The number of aliphatic hydroxyl groups is 3. The van der Waals surface area contributed by atoms with Crippen molar-refractivity contribution in [1.82, 2.24) is 0 Å². The normalized spacial score (nSPS) is 13.9. The van der Waals surface area contributed by atoms with E-state index in [1.54, 1.807) is 0 Å². The molecule has 0 saturated heterocycles. The molecule has 3 nitrogen and oxygen atoms in total. The molecule has 0 aliphatic carbocycles. The van der Waals surface area contributed by atoms with E-state index in [4.69, 9.17) is 5.11 Å². The van der Waals surface area contributed by atoms with E-state index in [2.05, 4.69) is 0 Å². The summed E-state index contributed by atoms with van der Waals surface area (Å²) in [5.41, 5.74) is 1.83. The van der Waals surface area contributed by atoms with Crippen molar-refractivity contribution in [3.63, 3.8) is 0 Å². The summed E-state index contributed by atoms with van der Waals surface area (Å²) >= 11 is 0. The maximum Gasteiger partial charge on any atom is 0.0976 e. The van der Waals surface area contributed by atoms with Crippen LogP contribution in [-0.4, -0.2) is 34.1 Å². The molecule has 0 radical (unpaired) electrons. The zero-order valence-corrected chi connectivity index (χ0v) is 15.3. The Kier molecular flexibility index (Phi) is 6.40. The van der Waals surface area contributed by atoms with Crippen molar-refractivity contribution >= 4 is 0 Å². The third-order valence-electron chi connectivity index (χ3n) is 5.15. The molecular weight excluding hydrogens is 336 g/mol.